The predicted octanol–water partition coefficient (Wildman–Crippen LogP) is 2.81. The zero-order chi connectivity index (χ0) is 14.8. The van der Waals surface area contributed by atoms with Gasteiger partial charge in [-0.15, -0.1) is 0 Å². The number of phenolic OH excluding ortho intramolecular Hbond substituents is 1. The molecular formula is C17H21N3O. The Kier molecular flexibility index (Phi) is 3.88. The van der Waals surface area contributed by atoms with Crippen molar-refractivity contribution in [2.24, 2.45) is 0 Å². The molecular weight excluding hydrogens is 262 g/mol. The predicted molar refractivity (Wildman–Crippen MR) is 82.4 cm³/mol. The van der Waals surface area contributed by atoms with Gasteiger partial charge in [-0.25, -0.2) is 9.97 Å². The van der Waals surface area contributed by atoms with Crippen molar-refractivity contribution in [2.45, 2.75) is 39.2 Å². The quantitative estimate of drug-likeness (QED) is 0.909. The van der Waals surface area contributed by atoms with Crippen LogP contribution >= 0.6 is 0 Å². The van der Waals surface area contributed by atoms with Crippen LogP contribution in [-0.4, -0.2) is 21.6 Å². The first-order valence-corrected chi connectivity index (χ1v) is 7.49. The van der Waals surface area contributed by atoms with Gasteiger partial charge in [-0.05, 0) is 50.9 Å². The molecule has 2 aromatic rings. The van der Waals surface area contributed by atoms with E-state index in [-0.39, 0.29) is 5.75 Å². The monoisotopic (exact) mass is 283 g/mol. The Bertz CT molecular complexity index is 625. The van der Waals surface area contributed by atoms with E-state index >= 15 is 0 Å². The van der Waals surface area contributed by atoms with Gasteiger partial charge < -0.3 is 10.4 Å². The third-order valence-electron chi connectivity index (χ3n) is 4.05. The molecule has 1 atom stereocenters. The Morgan fingerprint density at radius 2 is 2.00 bits per heavy atom. The van der Waals surface area contributed by atoms with Crippen LogP contribution in [0.3, 0.4) is 0 Å². The topological polar surface area (TPSA) is 58.0 Å². The van der Waals surface area contributed by atoms with E-state index in [1.807, 2.05) is 12.1 Å². The van der Waals surface area contributed by atoms with Crippen LogP contribution < -0.4 is 5.32 Å². The van der Waals surface area contributed by atoms with E-state index in [0.29, 0.717) is 12.5 Å². The molecule has 2 heterocycles. The Hall–Kier alpha value is -1.94. The van der Waals surface area contributed by atoms with Crippen LogP contribution in [0.2, 0.25) is 0 Å². The minimum atomic E-state index is 0.285. The molecule has 1 aromatic heterocycles. The van der Waals surface area contributed by atoms with Gasteiger partial charge >= 0.3 is 0 Å². The van der Waals surface area contributed by atoms with Crippen molar-refractivity contribution < 1.29 is 5.11 Å². The first kappa shape index (κ1) is 14.0. The van der Waals surface area contributed by atoms with Crippen LogP contribution in [-0.2, 0) is 6.42 Å². The second-order valence-electron chi connectivity index (χ2n) is 5.72. The summed E-state index contributed by atoms with van der Waals surface area (Å²) in [6.07, 6.45) is 3.03. The highest BCUT2D eigenvalue weighted by Crippen LogP contribution is 2.27. The van der Waals surface area contributed by atoms with Gasteiger partial charge in [0.15, 0.2) is 0 Å². The van der Waals surface area contributed by atoms with Gasteiger partial charge in [0, 0.05) is 29.4 Å². The zero-order valence-corrected chi connectivity index (χ0v) is 12.6. The molecule has 3 rings (SSSR count). The Labute approximate surface area is 125 Å². The lowest BCUT2D eigenvalue weighted by Gasteiger charge is -2.16. The fourth-order valence-corrected chi connectivity index (χ4v) is 3.16. The number of nitrogens with zero attached hydrogens (tertiary/aromatic N) is 2. The molecule has 0 radical (unpaired) electrons. The van der Waals surface area contributed by atoms with Crippen LogP contribution in [0.5, 0.6) is 5.75 Å². The smallest absolute Gasteiger partial charge is 0.133 e. The maximum absolute atomic E-state index is 9.54. The van der Waals surface area contributed by atoms with Crippen LogP contribution in [0.25, 0.3) is 0 Å². The molecule has 1 aromatic carbocycles. The van der Waals surface area contributed by atoms with Crippen molar-refractivity contribution in [3.05, 3.63) is 52.6 Å². The van der Waals surface area contributed by atoms with Crippen molar-refractivity contribution in [3.63, 3.8) is 0 Å². The van der Waals surface area contributed by atoms with Gasteiger partial charge in [-0.3, -0.25) is 0 Å². The van der Waals surface area contributed by atoms with Crippen molar-refractivity contribution >= 4 is 0 Å². The van der Waals surface area contributed by atoms with E-state index in [9.17, 15) is 5.11 Å². The van der Waals surface area contributed by atoms with Crippen LogP contribution in [0.4, 0.5) is 0 Å². The largest absolute Gasteiger partial charge is 0.508 e. The second kappa shape index (κ2) is 5.82. The van der Waals surface area contributed by atoms with Gasteiger partial charge in [0.05, 0.1) is 0 Å². The van der Waals surface area contributed by atoms with Gasteiger partial charge in [0.2, 0.25) is 0 Å². The van der Waals surface area contributed by atoms with E-state index in [0.717, 1.165) is 35.7 Å². The SMILES string of the molecule is Cc1nc(Cc2cccc(O)c2)nc(C)c1C1CCCN1. The van der Waals surface area contributed by atoms with Gasteiger partial charge in [0.25, 0.3) is 0 Å². The summed E-state index contributed by atoms with van der Waals surface area (Å²) in [5.74, 6) is 1.10. The van der Waals surface area contributed by atoms with Crippen LogP contribution in [0.1, 0.15) is 47.2 Å². The summed E-state index contributed by atoms with van der Waals surface area (Å²) in [6, 6.07) is 7.68. The molecule has 0 aliphatic carbocycles. The average Bonchev–Trinajstić information content (AvgIpc) is 2.91. The minimum Gasteiger partial charge on any atom is -0.508 e. The maximum atomic E-state index is 9.54. The number of aromatic nitrogens is 2. The molecule has 1 saturated heterocycles. The number of aromatic hydroxyl groups is 1. The number of hydrogen-bond acceptors (Lipinski definition) is 4. The Balaban J connectivity index is 1.87. The van der Waals surface area contributed by atoms with E-state index in [2.05, 4.69) is 29.1 Å². The fourth-order valence-electron chi connectivity index (χ4n) is 3.16. The molecule has 110 valence electrons. The summed E-state index contributed by atoms with van der Waals surface area (Å²) >= 11 is 0. The molecule has 0 amide bonds. The molecule has 4 nitrogen and oxygen atoms in total. The standard InChI is InChI=1S/C17H21N3O/c1-11-17(15-7-4-8-18-15)12(2)20-16(19-11)10-13-5-3-6-14(21)9-13/h3,5-6,9,15,18,21H,4,7-8,10H2,1-2H3. The fraction of sp³-hybridized carbons (Fsp3) is 0.412. The van der Waals surface area contributed by atoms with E-state index in [4.69, 9.17) is 0 Å². The summed E-state index contributed by atoms with van der Waals surface area (Å²) in [6.45, 7) is 5.21. The van der Waals surface area contributed by atoms with Crippen molar-refractivity contribution in [1.29, 1.82) is 0 Å². The molecule has 0 bridgehead atoms. The van der Waals surface area contributed by atoms with Crippen molar-refractivity contribution in [1.82, 2.24) is 15.3 Å². The van der Waals surface area contributed by atoms with Gasteiger partial charge in [-0.2, -0.15) is 0 Å². The zero-order valence-electron chi connectivity index (χ0n) is 12.6. The van der Waals surface area contributed by atoms with E-state index in [1.54, 1.807) is 12.1 Å². The third-order valence-corrected chi connectivity index (χ3v) is 4.05. The number of hydrogen-bond donors (Lipinski definition) is 2. The molecule has 21 heavy (non-hydrogen) atoms. The Morgan fingerprint density at radius 3 is 2.62 bits per heavy atom. The molecule has 1 unspecified atom stereocenters. The van der Waals surface area contributed by atoms with Gasteiger partial charge in [0.1, 0.15) is 11.6 Å². The highest BCUT2D eigenvalue weighted by Gasteiger charge is 2.21. The molecule has 1 aliphatic rings. The molecule has 0 spiro atoms. The molecule has 1 aliphatic heterocycles. The summed E-state index contributed by atoms with van der Waals surface area (Å²) in [5, 5.41) is 13.1. The number of aryl methyl sites for hydroxylation is 2. The van der Waals surface area contributed by atoms with Gasteiger partial charge in [-0.1, -0.05) is 12.1 Å². The highest BCUT2D eigenvalue weighted by atomic mass is 16.3. The lowest BCUT2D eigenvalue weighted by Crippen LogP contribution is -2.17. The first-order valence-electron chi connectivity index (χ1n) is 7.49. The van der Waals surface area contributed by atoms with E-state index in [1.165, 1.54) is 12.0 Å². The average molecular weight is 283 g/mol. The lowest BCUT2D eigenvalue weighted by molar-refractivity contribution is 0.474. The summed E-state index contributed by atoms with van der Waals surface area (Å²) in [4.78, 5) is 9.34. The normalized spacial score (nSPS) is 18.1. The maximum Gasteiger partial charge on any atom is 0.133 e. The summed E-state index contributed by atoms with van der Waals surface area (Å²) in [5.41, 5.74) is 4.42. The molecule has 4 heteroatoms. The van der Waals surface area contributed by atoms with Crippen LogP contribution in [0, 0.1) is 13.8 Å². The number of rotatable bonds is 3. The summed E-state index contributed by atoms with van der Waals surface area (Å²) in [7, 11) is 0. The minimum absolute atomic E-state index is 0.285. The number of benzene rings is 1. The van der Waals surface area contributed by atoms with Crippen molar-refractivity contribution in [3.8, 4) is 5.75 Å². The summed E-state index contributed by atoms with van der Waals surface area (Å²) < 4.78 is 0. The van der Waals surface area contributed by atoms with Crippen LogP contribution in [0.15, 0.2) is 24.3 Å². The second-order valence-corrected chi connectivity index (χ2v) is 5.72. The Morgan fingerprint density at radius 1 is 1.24 bits per heavy atom. The lowest BCUT2D eigenvalue weighted by atomic mass is 10.0. The third kappa shape index (κ3) is 3.05. The number of nitrogens with one attached hydrogen (secondary N) is 1. The van der Waals surface area contributed by atoms with Crippen molar-refractivity contribution in [2.75, 3.05) is 6.54 Å². The number of phenols is 1. The van der Waals surface area contributed by atoms with E-state index < -0.39 is 0 Å². The molecule has 2 N–H and O–H groups in total. The highest BCUT2D eigenvalue weighted by molar-refractivity contribution is 5.32. The molecule has 0 saturated carbocycles. The first-order chi connectivity index (χ1) is 10.1. The molecule has 1 fully saturated rings.